The molecule has 0 radical (unpaired) electrons. The molecule has 1 aliphatic rings. The third kappa shape index (κ3) is 5.93. The van der Waals surface area contributed by atoms with E-state index in [1.54, 1.807) is 14.2 Å². The molecule has 1 aromatic rings. The van der Waals surface area contributed by atoms with Crippen LogP contribution in [0.1, 0.15) is 38.2 Å². The molecular weight excluding hydrogens is 328 g/mol. The number of carbonyl (C=O) groups is 1. The molecular formula is C20H32N4O2. The Morgan fingerprint density at radius 1 is 1.27 bits per heavy atom. The molecule has 1 heterocycles. The minimum Gasteiger partial charge on any atom is -0.497 e. The van der Waals surface area contributed by atoms with Crippen LogP contribution in [0.15, 0.2) is 29.3 Å². The zero-order valence-corrected chi connectivity index (χ0v) is 16.3. The Morgan fingerprint density at radius 3 is 2.58 bits per heavy atom. The number of likely N-dealkylation sites (tertiary alicyclic amines) is 1. The monoisotopic (exact) mass is 360 g/mol. The van der Waals surface area contributed by atoms with Crippen LogP contribution in [0.3, 0.4) is 0 Å². The zero-order valence-electron chi connectivity index (χ0n) is 16.3. The van der Waals surface area contributed by atoms with E-state index < -0.39 is 0 Å². The lowest BCUT2D eigenvalue weighted by Gasteiger charge is -2.27. The molecule has 2 N–H and O–H groups in total. The molecule has 2 rings (SSSR count). The lowest BCUT2D eigenvalue weighted by Crippen LogP contribution is -2.42. The average Bonchev–Trinajstić information content (AvgIpc) is 3.10. The molecule has 144 valence electrons. The van der Waals surface area contributed by atoms with E-state index in [9.17, 15) is 4.79 Å². The maximum atomic E-state index is 11.9. The topological polar surface area (TPSA) is 66.0 Å². The zero-order chi connectivity index (χ0) is 18.8. The fourth-order valence-electron chi connectivity index (χ4n) is 3.33. The molecule has 1 amide bonds. The molecule has 0 bridgehead atoms. The van der Waals surface area contributed by atoms with Gasteiger partial charge in [-0.15, -0.1) is 0 Å². The molecule has 1 aliphatic heterocycles. The van der Waals surface area contributed by atoms with Crippen molar-refractivity contribution in [3.05, 3.63) is 29.8 Å². The Labute approximate surface area is 157 Å². The lowest BCUT2D eigenvalue weighted by molar-refractivity contribution is -0.129. The van der Waals surface area contributed by atoms with Crippen molar-refractivity contribution in [2.24, 2.45) is 4.99 Å². The van der Waals surface area contributed by atoms with Crippen molar-refractivity contribution in [3.63, 3.8) is 0 Å². The van der Waals surface area contributed by atoms with Gasteiger partial charge in [0.15, 0.2) is 5.96 Å². The van der Waals surface area contributed by atoms with E-state index in [-0.39, 0.29) is 0 Å². The first kappa shape index (κ1) is 20.1. The average molecular weight is 361 g/mol. The first-order valence-electron chi connectivity index (χ1n) is 9.54. The van der Waals surface area contributed by atoms with Gasteiger partial charge in [-0.1, -0.05) is 19.1 Å². The van der Waals surface area contributed by atoms with Gasteiger partial charge in [-0.2, -0.15) is 0 Å². The van der Waals surface area contributed by atoms with Gasteiger partial charge in [-0.05, 0) is 43.4 Å². The number of hydrogen-bond acceptors (Lipinski definition) is 3. The Kier molecular flexibility index (Phi) is 8.25. The van der Waals surface area contributed by atoms with Crippen LogP contribution < -0.4 is 15.4 Å². The SMILES string of the molecule is CCC(CCNC(=NC)NCCc1ccc(OC)cc1)N1CCCC1=O. The predicted molar refractivity (Wildman–Crippen MR) is 106 cm³/mol. The van der Waals surface area contributed by atoms with Crippen molar-refractivity contribution < 1.29 is 9.53 Å². The third-order valence-electron chi connectivity index (χ3n) is 4.88. The van der Waals surface area contributed by atoms with E-state index in [4.69, 9.17) is 4.74 Å². The summed E-state index contributed by atoms with van der Waals surface area (Å²) in [6.07, 6.45) is 4.57. The van der Waals surface area contributed by atoms with Crippen LogP contribution in [0.4, 0.5) is 0 Å². The number of rotatable bonds is 9. The molecule has 0 aromatic heterocycles. The highest BCUT2D eigenvalue weighted by Gasteiger charge is 2.26. The third-order valence-corrected chi connectivity index (χ3v) is 4.88. The van der Waals surface area contributed by atoms with Gasteiger partial charge in [-0.3, -0.25) is 9.79 Å². The standard InChI is InChI=1S/C20H32N4O2/c1-4-17(24-15-5-6-19(24)25)12-14-23-20(21-2)22-13-11-16-7-9-18(26-3)10-8-16/h7-10,17H,4-6,11-15H2,1-3H3,(H2,21,22,23). The Morgan fingerprint density at radius 2 is 2.00 bits per heavy atom. The van der Waals surface area contributed by atoms with Crippen molar-refractivity contribution >= 4 is 11.9 Å². The number of benzene rings is 1. The summed E-state index contributed by atoms with van der Waals surface area (Å²) in [4.78, 5) is 18.2. The number of aliphatic imine (C=N–C) groups is 1. The largest absolute Gasteiger partial charge is 0.497 e. The number of nitrogens with one attached hydrogen (secondary N) is 2. The van der Waals surface area contributed by atoms with E-state index in [2.05, 4.69) is 34.7 Å². The Bertz CT molecular complexity index is 586. The summed E-state index contributed by atoms with van der Waals surface area (Å²) in [5.41, 5.74) is 1.26. The van der Waals surface area contributed by atoms with Gasteiger partial charge in [0.05, 0.1) is 7.11 Å². The second-order valence-electron chi connectivity index (χ2n) is 6.57. The fraction of sp³-hybridized carbons (Fsp3) is 0.600. The number of carbonyl (C=O) groups excluding carboxylic acids is 1. The quantitative estimate of drug-likeness (QED) is 0.523. The second kappa shape index (κ2) is 10.7. The van der Waals surface area contributed by atoms with E-state index in [1.165, 1.54) is 5.56 Å². The van der Waals surface area contributed by atoms with Crippen molar-refractivity contribution in [2.75, 3.05) is 33.8 Å². The van der Waals surface area contributed by atoms with Crippen LogP contribution >= 0.6 is 0 Å². The summed E-state index contributed by atoms with van der Waals surface area (Å²) in [7, 11) is 3.46. The number of methoxy groups -OCH3 is 1. The maximum absolute atomic E-state index is 11.9. The lowest BCUT2D eigenvalue weighted by atomic mass is 10.1. The van der Waals surface area contributed by atoms with Gasteiger partial charge in [0.25, 0.3) is 0 Å². The van der Waals surface area contributed by atoms with Crippen molar-refractivity contribution in [1.29, 1.82) is 0 Å². The minimum atomic E-state index is 0.304. The van der Waals surface area contributed by atoms with E-state index in [0.29, 0.717) is 18.4 Å². The summed E-state index contributed by atoms with van der Waals surface area (Å²) < 4.78 is 5.18. The molecule has 0 saturated carbocycles. The summed E-state index contributed by atoms with van der Waals surface area (Å²) >= 11 is 0. The first-order chi connectivity index (χ1) is 12.7. The number of ether oxygens (including phenoxy) is 1. The van der Waals surface area contributed by atoms with Crippen molar-refractivity contribution in [2.45, 2.75) is 45.1 Å². The van der Waals surface area contributed by atoms with Crippen LogP contribution in [0.5, 0.6) is 5.75 Å². The van der Waals surface area contributed by atoms with Crippen LogP contribution in [-0.2, 0) is 11.2 Å². The molecule has 1 atom stereocenters. The van der Waals surface area contributed by atoms with Gasteiger partial charge < -0.3 is 20.3 Å². The molecule has 0 aliphatic carbocycles. The first-order valence-corrected chi connectivity index (χ1v) is 9.54. The number of nitrogens with zero attached hydrogens (tertiary/aromatic N) is 2. The van der Waals surface area contributed by atoms with Gasteiger partial charge in [0, 0.05) is 39.1 Å². The molecule has 26 heavy (non-hydrogen) atoms. The number of guanidine groups is 1. The van der Waals surface area contributed by atoms with E-state index in [0.717, 1.165) is 57.0 Å². The van der Waals surface area contributed by atoms with E-state index in [1.807, 2.05) is 17.0 Å². The molecule has 6 nitrogen and oxygen atoms in total. The van der Waals surface area contributed by atoms with Gasteiger partial charge in [0.1, 0.15) is 5.75 Å². The summed E-state index contributed by atoms with van der Waals surface area (Å²) in [6.45, 7) is 4.68. The fourth-order valence-corrected chi connectivity index (χ4v) is 3.33. The smallest absolute Gasteiger partial charge is 0.222 e. The second-order valence-corrected chi connectivity index (χ2v) is 6.57. The normalized spacial score (nSPS) is 15.9. The van der Waals surface area contributed by atoms with Crippen molar-refractivity contribution in [1.82, 2.24) is 15.5 Å². The molecule has 1 unspecified atom stereocenters. The Balaban J connectivity index is 1.69. The van der Waals surface area contributed by atoms with Crippen LogP contribution in [0.2, 0.25) is 0 Å². The molecule has 0 spiro atoms. The van der Waals surface area contributed by atoms with Crippen LogP contribution in [0.25, 0.3) is 0 Å². The summed E-state index contributed by atoms with van der Waals surface area (Å²) in [5.74, 6) is 1.99. The summed E-state index contributed by atoms with van der Waals surface area (Å²) in [5, 5.41) is 6.70. The highest BCUT2D eigenvalue weighted by molar-refractivity contribution is 5.79. The predicted octanol–water partition coefficient (Wildman–Crippen LogP) is 2.19. The van der Waals surface area contributed by atoms with Crippen LogP contribution in [-0.4, -0.2) is 56.6 Å². The molecule has 1 saturated heterocycles. The molecule has 6 heteroatoms. The van der Waals surface area contributed by atoms with E-state index >= 15 is 0 Å². The highest BCUT2D eigenvalue weighted by Crippen LogP contribution is 2.17. The van der Waals surface area contributed by atoms with Gasteiger partial charge in [0.2, 0.25) is 5.91 Å². The number of hydrogen-bond donors (Lipinski definition) is 2. The van der Waals surface area contributed by atoms with Gasteiger partial charge >= 0.3 is 0 Å². The molecule has 1 fully saturated rings. The highest BCUT2D eigenvalue weighted by atomic mass is 16.5. The molecule has 1 aromatic carbocycles. The maximum Gasteiger partial charge on any atom is 0.222 e. The van der Waals surface area contributed by atoms with Gasteiger partial charge in [-0.25, -0.2) is 0 Å². The minimum absolute atomic E-state index is 0.304. The number of amides is 1. The summed E-state index contributed by atoms with van der Waals surface area (Å²) in [6, 6.07) is 8.44. The van der Waals surface area contributed by atoms with Crippen molar-refractivity contribution in [3.8, 4) is 5.75 Å². The van der Waals surface area contributed by atoms with Crippen LogP contribution in [0, 0.1) is 0 Å². The Hall–Kier alpha value is -2.24.